The molecule has 29 heavy (non-hydrogen) atoms. The predicted molar refractivity (Wildman–Crippen MR) is 107 cm³/mol. The van der Waals surface area contributed by atoms with Crippen LogP contribution in [0.25, 0.3) is 17.1 Å². The van der Waals surface area contributed by atoms with Crippen LogP contribution < -0.4 is 0 Å². The second kappa shape index (κ2) is 7.89. The van der Waals surface area contributed by atoms with Gasteiger partial charge in [-0.05, 0) is 32.0 Å². The highest BCUT2D eigenvalue weighted by Gasteiger charge is 2.18. The summed E-state index contributed by atoms with van der Waals surface area (Å²) in [5.74, 6) is 0.247. The Morgan fingerprint density at radius 3 is 2.66 bits per heavy atom. The molecule has 146 valence electrons. The van der Waals surface area contributed by atoms with Crippen LogP contribution in [0.4, 0.5) is 0 Å². The second-order valence-electron chi connectivity index (χ2n) is 6.46. The zero-order valence-corrected chi connectivity index (χ0v) is 16.6. The predicted octanol–water partition coefficient (Wildman–Crippen LogP) is 4.55. The number of hydrogen-bond acceptors (Lipinski definition) is 6. The molecule has 0 amide bonds. The summed E-state index contributed by atoms with van der Waals surface area (Å²) >= 11 is 6.16. The van der Waals surface area contributed by atoms with Crippen LogP contribution in [0.15, 0.2) is 59.1 Å². The minimum atomic E-state index is -0.656. The number of benzene rings is 1. The first-order chi connectivity index (χ1) is 14.0. The lowest BCUT2D eigenvalue weighted by molar-refractivity contribution is 0.0430. The van der Waals surface area contributed by atoms with Gasteiger partial charge in [-0.25, -0.2) is 14.5 Å². The van der Waals surface area contributed by atoms with Crippen LogP contribution in [-0.4, -0.2) is 25.9 Å². The van der Waals surface area contributed by atoms with Crippen molar-refractivity contribution < 1.29 is 14.1 Å². The molecule has 0 aliphatic rings. The Kier molecular flexibility index (Phi) is 5.14. The first-order valence-electron chi connectivity index (χ1n) is 8.89. The Bertz CT molecular complexity index is 1170. The van der Waals surface area contributed by atoms with Crippen LogP contribution in [0.2, 0.25) is 5.02 Å². The largest absolute Gasteiger partial charge is 0.453 e. The van der Waals surface area contributed by atoms with Gasteiger partial charge in [-0.2, -0.15) is 5.10 Å². The third kappa shape index (κ3) is 4.05. The highest BCUT2D eigenvalue weighted by Crippen LogP contribution is 2.21. The number of ether oxygens (including phenoxy) is 1. The summed E-state index contributed by atoms with van der Waals surface area (Å²) in [4.78, 5) is 16.9. The van der Waals surface area contributed by atoms with E-state index >= 15 is 0 Å². The molecule has 7 nitrogen and oxygen atoms in total. The number of carbonyl (C=O) groups excluding carboxylic acids is 1. The Hall–Kier alpha value is -3.45. The van der Waals surface area contributed by atoms with Crippen molar-refractivity contribution in [1.82, 2.24) is 19.9 Å². The number of nitrogens with zero attached hydrogens (tertiary/aromatic N) is 4. The highest BCUT2D eigenvalue weighted by molar-refractivity contribution is 6.33. The van der Waals surface area contributed by atoms with Gasteiger partial charge < -0.3 is 9.26 Å². The molecule has 0 unspecified atom stereocenters. The van der Waals surface area contributed by atoms with Crippen molar-refractivity contribution in [2.75, 3.05) is 0 Å². The van der Waals surface area contributed by atoms with Gasteiger partial charge in [0.25, 0.3) is 0 Å². The van der Waals surface area contributed by atoms with Crippen molar-refractivity contribution in [3.8, 4) is 17.1 Å². The Morgan fingerprint density at radius 1 is 1.14 bits per heavy atom. The summed E-state index contributed by atoms with van der Waals surface area (Å²) < 4.78 is 12.2. The lowest BCUT2D eigenvalue weighted by Crippen LogP contribution is -2.11. The minimum Gasteiger partial charge on any atom is -0.453 e. The molecule has 0 saturated heterocycles. The molecule has 3 heterocycles. The molecule has 4 rings (SSSR count). The molecule has 0 aliphatic carbocycles. The summed E-state index contributed by atoms with van der Waals surface area (Å²) in [5.41, 5.74) is 3.34. The van der Waals surface area contributed by atoms with Gasteiger partial charge in [0.15, 0.2) is 23.9 Å². The van der Waals surface area contributed by atoms with Crippen molar-refractivity contribution >= 4 is 17.6 Å². The van der Waals surface area contributed by atoms with Crippen molar-refractivity contribution in [2.45, 2.75) is 20.5 Å². The third-order valence-electron chi connectivity index (χ3n) is 4.23. The van der Waals surface area contributed by atoms with Crippen molar-refractivity contribution in [1.29, 1.82) is 0 Å². The van der Waals surface area contributed by atoms with E-state index in [0.29, 0.717) is 17.3 Å². The van der Waals surface area contributed by atoms with Gasteiger partial charge in [-0.1, -0.05) is 47.1 Å². The molecule has 0 saturated carbocycles. The number of carbonyl (C=O) groups is 1. The van der Waals surface area contributed by atoms with E-state index in [0.717, 1.165) is 17.0 Å². The zero-order valence-electron chi connectivity index (χ0n) is 15.8. The minimum absolute atomic E-state index is 0.0134. The molecule has 1 aromatic carbocycles. The smallest absolute Gasteiger partial charge is 0.359 e. The SMILES string of the molecule is Cc1cc(C)n(-c2ccc(Cl)c(C(=O)OCc3cc(-c4ccccc4)no3)n2)n1. The summed E-state index contributed by atoms with van der Waals surface area (Å²) in [6.45, 7) is 3.71. The fourth-order valence-corrected chi connectivity index (χ4v) is 3.07. The first kappa shape index (κ1) is 18.9. The van der Waals surface area contributed by atoms with Crippen LogP contribution in [-0.2, 0) is 11.3 Å². The maximum Gasteiger partial charge on any atom is 0.359 e. The van der Waals surface area contributed by atoms with Crippen LogP contribution in [0.3, 0.4) is 0 Å². The molecule has 0 bridgehead atoms. The molecule has 0 radical (unpaired) electrons. The van der Waals surface area contributed by atoms with E-state index in [9.17, 15) is 4.79 Å². The van der Waals surface area contributed by atoms with E-state index < -0.39 is 5.97 Å². The molecule has 0 N–H and O–H groups in total. The van der Waals surface area contributed by atoms with Gasteiger partial charge in [0.05, 0.1) is 10.7 Å². The van der Waals surface area contributed by atoms with Crippen LogP contribution in [0.1, 0.15) is 27.6 Å². The number of rotatable bonds is 5. The average Bonchev–Trinajstić information content (AvgIpc) is 3.33. The van der Waals surface area contributed by atoms with Crippen LogP contribution in [0, 0.1) is 13.8 Å². The van der Waals surface area contributed by atoms with Gasteiger partial charge in [0.2, 0.25) is 0 Å². The van der Waals surface area contributed by atoms with E-state index in [2.05, 4.69) is 15.2 Å². The number of aryl methyl sites for hydroxylation is 2. The highest BCUT2D eigenvalue weighted by atomic mass is 35.5. The Morgan fingerprint density at radius 2 is 1.93 bits per heavy atom. The molecule has 0 spiro atoms. The topological polar surface area (TPSA) is 83.0 Å². The lowest BCUT2D eigenvalue weighted by atomic mass is 10.1. The number of halogens is 1. The van der Waals surface area contributed by atoms with E-state index in [1.165, 1.54) is 0 Å². The fraction of sp³-hybridized carbons (Fsp3) is 0.143. The van der Waals surface area contributed by atoms with Gasteiger partial charge >= 0.3 is 5.97 Å². The van der Waals surface area contributed by atoms with Crippen LogP contribution in [0.5, 0.6) is 0 Å². The van der Waals surface area contributed by atoms with Gasteiger partial charge in [0.1, 0.15) is 5.69 Å². The molecule has 0 fully saturated rings. The summed E-state index contributed by atoms with van der Waals surface area (Å²) in [6, 6.07) is 16.5. The monoisotopic (exact) mass is 408 g/mol. The zero-order chi connectivity index (χ0) is 20.4. The molecule has 0 atom stereocenters. The summed E-state index contributed by atoms with van der Waals surface area (Å²) in [5, 5.41) is 8.57. The van der Waals surface area contributed by atoms with Crippen molar-refractivity contribution in [3.05, 3.63) is 82.5 Å². The van der Waals surface area contributed by atoms with Crippen LogP contribution >= 0.6 is 11.6 Å². The Labute approximate surface area is 171 Å². The van der Waals surface area contributed by atoms with Gasteiger partial charge in [-0.15, -0.1) is 0 Å². The second-order valence-corrected chi connectivity index (χ2v) is 6.87. The lowest BCUT2D eigenvalue weighted by Gasteiger charge is -2.08. The van der Waals surface area contributed by atoms with Crippen molar-refractivity contribution in [3.63, 3.8) is 0 Å². The standard InChI is InChI=1S/C21H17ClN4O3/c1-13-10-14(2)26(24-13)19-9-8-17(22)20(23-19)21(27)28-12-16-11-18(25-29-16)15-6-4-3-5-7-15/h3-11H,12H2,1-2H3. The average molecular weight is 409 g/mol. The van der Waals surface area contributed by atoms with E-state index in [1.807, 2.05) is 50.2 Å². The molecular formula is C21H17ClN4O3. The fourth-order valence-electron chi connectivity index (χ4n) is 2.88. The molecule has 3 aromatic heterocycles. The third-order valence-corrected chi connectivity index (χ3v) is 4.53. The molecule has 4 aromatic rings. The quantitative estimate of drug-likeness (QED) is 0.450. The number of hydrogen-bond donors (Lipinski definition) is 0. The van der Waals surface area contributed by atoms with Gasteiger partial charge in [0, 0.05) is 17.3 Å². The maximum atomic E-state index is 12.5. The van der Waals surface area contributed by atoms with Crippen molar-refractivity contribution in [2.24, 2.45) is 0 Å². The normalized spacial score (nSPS) is 10.9. The maximum absolute atomic E-state index is 12.5. The molecule has 0 aliphatic heterocycles. The first-order valence-corrected chi connectivity index (χ1v) is 9.27. The van der Waals surface area contributed by atoms with E-state index in [1.54, 1.807) is 22.9 Å². The molecular weight excluding hydrogens is 392 g/mol. The summed E-state index contributed by atoms with van der Waals surface area (Å²) in [7, 11) is 0. The Balaban J connectivity index is 1.50. The number of aromatic nitrogens is 4. The van der Waals surface area contributed by atoms with Gasteiger partial charge in [-0.3, -0.25) is 0 Å². The number of esters is 1. The summed E-state index contributed by atoms with van der Waals surface area (Å²) in [6.07, 6.45) is 0. The molecule has 8 heteroatoms. The number of pyridine rings is 1. The van der Waals surface area contributed by atoms with E-state index in [4.69, 9.17) is 20.9 Å². The van der Waals surface area contributed by atoms with E-state index in [-0.39, 0.29) is 17.3 Å².